The van der Waals surface area contributed by atoms with Crippen LogP contribution in [0.4, 0.5) is 11.5 Å². The van der Waals surface area contributed by atoms with E-state index in [1.165, 1.54) is 19.3 Å². The van der Waals surface area contributed by atoms with Gasteiger partial charge in [-0.3, -0.25) is 4.98 Å². The zero-order chi connectivity index (χ0) is 14.2. The first-order valence-electron chi connectivity index (χ1n) is 7.21. The smallest absolute Gasteiger partial charge is 0.149 e. The second-order valence-corrected chi connectivity index (χ2v) is 4.89. The lowest BCUT2D eigenvalue weighted by atomic mass is 10.1. The molecule has 0 aliphatic rings. The van der Waals surface area contributed by atoms with Crippen molar-refractivity contribution in [2.45, 2.75) is 32.6 Å². The van der Waals surface area contributed by atoms with Crippen LogP contribution in [0.3, 0.4) is 0 Å². The highest BCUT2D eigenvalue weighted by Crippen LogP contribution is 2.23. The summed E-state index contributed by atoms with van der Waals surface area (Å²) in [4.78, 5) is 8.52. The predicted octanol–water partition coefficient (Wildman–Crippen LogP) is 3.72. The van der Waals surface area contributed by atoms with Gasteiger partial charge in [-0.2, -0.15) is 0 Å². The van der Waals surface area contributed by atoms with Gasteiger partial charge in [-0.1, -0.05) is 32.3 Å². The molecule has 0 atom stereocenters. The number of hydrogen-bond donors (Lipinski definition) is 2. The molecule has 0 radical (unpaired) electrons. The van der Waals surface area contributed by atoms with Gasteiger partial charge in [-0.15, -0.1) is 0 Å². The quantitative estimate of drug-likeness (QED) is 0.753. The fraction of sp³-hybridized carbons (Fsp3) is 0.375. The molecule has 0 saturated carbocycles. The molecule has 0 unspecified atom stereocenters. The lowest BCUT2D eigenvalue weighted by Crippen LogP contribution is -2.06. The fourth-order valence-electron chi connectivity index (χ4n) is 2.08. The van der Waals surface area contributed by atoms with Crippen molar-refractivity contribution in [2.24, 2.45) is 0 Å². The van der Waals surface area contributed by atoms with Crippen molar-refractivity contribution in [3.63, 3.8) is 0 Å². The number of pyridine rings is 2. The van der Waals surface area contributed by atoms with Gasteiger partial charge in [0.1, 0.15) is 5.82 Å². The van der Waals surface area contributed by atoms with Crippen LogP contribution in [-0.2, 0) is 0 Å². The number of nitrogens with zero attached hydrogens (tertiary/aromatic N) is 2. The van der Waals surface area contributed by atoms with E-state index in [0.29, 0.717) is 5.69 Å². The Morgan fingerprint density at radius 3 is 2.75 bits per heavy atom. The number of aromatic nitrogens is 2. The number of nitrogen functional groups attached to an aromatic ring is 1. The average molecular weight is 270 g/mol. The molecule has 4 nitrogen and oxygen atoms in total. The summed E-state index contributed by atoms with van der Waals surface area (Å²) in [5, 5.41) is 3.30. The Morgan fingerprint density at radius 1 is 1.15 bits per heavy atom. The Balaban J connectivity index is 1.96. The first-order chi connectivity index (χ1) is 9.81. The van der Waals surface area contributed by atoms with Gasteiger partial charge in [-0.25, -0.2) is 4.98 Å². The standard InChI is InChI=1S/C16H22N4/c1-2-3-4-5-9-19-16-15(17)10-14(12-20-16)13-7-6-8-18-11-13/h6-8,10-12H,2-5,9,17H2,1H3,(H,19,20). The van der Waals surface area contributed by atoms with Crippen LogP contribution in [0.2, 0.25) is 0 Å². The van der Waals surface area contributed by atoms with Gasteiger partial charge in [-0.05, 0) is 18.6 Å². The minimum Gasteiger partial charge on any atom is -0.396 e. The molecule has 0 saturated heterocycles. The Bertz CT molecular complexity index is 525. The van der Waals surface area contributed by atoms with Crippen LogP contribution >= 0.6 is 0 Å². The minimum atomic E-state index is 0.682. The van der Waals surface area contributed by atoms with Crippen molar-refractivity contribution in [3.05, 3.63) is 36.8 Å². The van der Waals surface area contributed by atoms with Crippen molar-refractivity contribution in [1.82, 2.24) is 9.97 Å². The highest BCUT2D eigenvalue weighted by atomic mass is 15.0. The van der Waals surface area contributed by atoms with E-state index in [9.17, 15) is 0 Å². The monoisotopic (exact) mass is 270 g/mol. The highest BCUT2D eigenvalue weighted by Gasteiger charge is 2.04. The second kappa shape index (κ2) is 7.48. The molecule has 2 aromatic heterocycles. The van der Waals surface area contributed by atoms with Crippen LogP contribution < -0.4 is 11.1 Å². The molecule has 0 aliphatic carbocycles. The van der Waals surface area contributed by atoms with Crippen LogP contribution in [0.1, 0.15) is 32.6 Å². The SMILES string of the molecule is CCCCCCNc1ncc(-c2cccnc2)cc1N. The lowest BCUT2D eigenvalue weighted by Gasteiger charge is -2.09. The zero-order valence-electron chi connectivity index (χ0n) is 12.0. The third-order valence-electron chi connectivity index (χ3n) is 3.23. The van der Waals surface area contributed by atoms with E-state index in [4.69, 9.17) is 5.73 Å². The van der Waals surface area contributed by atoms with E-state index in [0.717, 1.165) is 29.9 Å². The predicted molar refractivity (Wildman–Crippen MR) is 84.5 cm³/mol. The van der Waals surface area contributed by atoms with Gasteiger partial charge < -0.3 is 11.1 Å². The molecule has 20 heavy (non-hydrogen) atoms. The van der Waals surface area contributed by atoms with Gasteiger partial charge in [0.05, 0.1) is 5.69 Å². The molecule has 2 heterocycles. The molecule has 2 rings (SSSR count). The Morgan fingerprint density at radius 2 is 2.05 bits per heavy atom. The molecule has 0 aliphatic heterocycles. The van der Waals surface area contributed by atoms with Crippen molar-refractivity contribution in [2.75, 3.05) is 17.6 Å². The fourth-order valence-corrected chi connectivity index (χ4v) is 2.08. The lowest BCUT2D eigenvalue weighted by molar-refractivity contribution is 0.684. The summed E-state index contributed by atoms with van der Waals surface area (Å²) < 4.78 is 0. The van der Waals surface area contributed by atoms with Crippen molar-refractivity contribution in [1.29, 1.82) is 0 Å². The number of nitrogens with one attached hydrogen (secondary N) is 1. The van der Waals surface area contributed by atoms with Crippen LogP contribution in [0.15, 0.2) is 36.8 Å². The molecule has 3 N–H and O–H groups in total. The maximum absolute atomic E-state index is 6.05. The van der Waals surface area contributed by atoms with Crippen LogP contribution in [-0.4, -0.2) is 16.5 Å². The number of rotatable bonds is 7. The zero-order valence-corrected chi connectivity index (χ0v) is 12.0. The topological polar surface area (TPSA) is 63.8 Å². The van der Waals surface area contributed by atoms with Crippen LogP contribution in [0, 0.1) is 0 Å². The van der Waals surface area contributed by atoms with E-state index in [1.54, 1.807) is 6.20 Å². The summed E-state index contributed by atoms with van der Waals surface area (Å²) in [6.07, 6.45) is 10.3. The van der Waals surface area contributed by atoms with Crippen molar-refractivity contribution in [3.8, 4) is 11.1 Å². The Hall–Kier alpha value is -2.10. The van der Waals surface area contributed by atoms with Gasteiger partial charge in [0.15, 0.2) is 0 Å². The molecule has 0 fully saturated rings. The molecule has 0 bridgehead atoms. The third kappa shape index (κ3) is 3.95. The molecule has 106 valence electrons. The number of unbranched alkanes of at least 4 members (excludes halogenated alkanes) is 3. The highest BCUT2D eigenvalue weighted by molar-refractivity contribution is 5.71. The van der Waals surface area contributed by atoms with Crippen LogP contribution in [0.25, 0.3) is 11.1 Å². The summed E-state index contributed by atoms with van der Waals surface area (Å²) in [5.74, 6) is 0.772. The van der Waals surface area contributed by atoms with Gasteiger partial charge >= 0.3 is 0 Å². The van der Waals surface area contributed by atoms with Crippen molar-refractivity contribution < 1.29 is 0 Å². The average Bonchev–Trinajstić information content (AvgIpc) is 2.49. The van der Waals surface area contributed by atoms with E-state index in [-0.39, 0.29) is 0 Å². The molecule has 2 aromatic rings. The molecule has 0 aromatic carbocycles. The van der Waals surface area contributed by atoms with Gasteiger partial charge in [0.25, 0.3) is 0 Å². The van der Waals surface area contributed by atoms with Gasteiger partial charge in [0.2, 0.25) is 0 Å². The summed E-state index contributed by atoms with van der Waals surface area (Å²) in [5.41, 5.74) is 8.76. The normalized spacial score (nSPS) is 10.4. The first-order valence-corrected chi connectivity index (χ1v) is 7.21. The summed E-state index contributed by atoms with van der Waals surface area (Å²) in [6.45, 7) is 3.13. The molecule has 0 amide bonds. The van der Waals surface area contributed by atoms with E-state index >= 15 is 0 Å². The molecular formula is C16H22N4. The summed E-state index contributed by atoms with van der Waals surface area (Å²) >= 11 is 0. The number of hydrogen-bond acceptors (Lipinski definition) is 4. The van der Waals surface area contributed by atoms with E-state index in [1.807, 2.05) is 30.6 Å². The largest absolute Gasteiger partial charge is 0.396 e. The van der Waals surface area contributed by atoms with Crippen molar-refractivity contribution >= 4 is 11.5 Å². The summed E-state index contributed by atoms with van der Waals surface area (Å²) in [6, 6.07) is 5.85. The molecular weight excluding hydrogens is 248 g/mol. The van der Waals surface area contributed by atoms with E-state index in [2.05, 4.69) is 22.2 Å². The maximum atomic E-state index is 6.05. The van der Waals surface area contributed by atoms with Crippen LogP contribution in [0.5, 0.6) is 0 Å². The first kappa shape index (κ1) is 14.3. The Labute approximate surface area is 120 Å². The van der Waals surface area contributed by atoms with Gasteiger partial charge in [0, 0.05) is 36.3 Å². The Kier molecular flexibility index (Phi) is 5.35. The number of anilines is 2. The minimum absolute atomic E-state index is 0.682. The molecule has 4 heteroatoms. The maximum Gasteiger partial charge on any atom is 0.149 e. The third-order valence-corrected chi connectivity index (χ3v) is 3.23. The van der Waals surface area contributed by atoms with E-state index < -0.39 is 0 Å². The molecule has 0 spiro atoms. The second-order valence-electron chi connectivity index (χ2n) is 4.89. The summed E-state index contributed by atoms with van der Waals surface area (Å²) in [7, 11) is 0. The number of nitrogens with two attached hydrogens (primary N) is 1.